The third-order valence-electron chi connectivity index (χ3n) is 1.73. The first-order chi connectivity index (χ1) is 7.02. The second kappa shape index (κ2) is 5.90. The molecule has 0 fully saturated rings. The first-order valence-corrected chi connectivity index (χ1v) is 4.76. The van der Waals surface area contributed by atoms with Crippen molar-refractivity contribution in [3.63, 3.8) is 0 Å². The highest BCUT2D eigenvalue weighted by Gasteiger charge is 2.09. The molecule has 0 aromatic heterocycles. The molecular formula is C11H17NO3. The molecular weight excluding hydrogens is 194 g/mol. The Hall–Kier alpha value is -1.71. The molecule has 0 saturated heterocycles. The normalized spacial score (nSPS) is 8.80. The minimum Gasteiger partial charge on any atom is -0.507 e. The van der Waals surface area contributed by atoms with Crippen LogP contribution in [0.25, 0.3) is 0 Å². The highest BCUT2D eigenvalue weighted by molar-refractivity contribution is 5.91. The summed E-state index contributed by atoms with van der Waals surface area (Å²) in [5, 5.41) is 17.9. The number of phenols is 1. The number of aromatic hydroxyl groups is 1. The van der Waals surface area contributed by atoms with Gasteiger partial charge in [0.05, 0.1) is 0 Å². The molecule has 4 nitrogen and oxygen atoms in total. The van der Waals surface area contributed by atoms with Crippen LogP contribution in [0.2, 0.25) is 0 Å². The lowest BCUT2D eigenvalue weighted by Crippen LogP contribution is -2.09. The maximum absolute atomic E-state index is 10.5. The third kappa shape index (κ3) is 3.50. The first-order valence-electron chi connectivity index (χ1n) is 4.76. The van der Waals surface area contributed by atoms with Crippen LogP contribution in [-0.2, 0) is 0 Å². The topological polar surface area (TPSA) is 60.8 Å². The number of anilines is 1. The largest absolute Gasteiger partial charge is 0.507 e. The second-order valence-electron chi connectivity index (χ2n) is 2.90. The number of carboxylic acid groups (broad SMARTS) is 1. The Bertz CT molecular complexity index is 335. The van der Waals surface area contributed by atoms with Crippen molar-refractivity contribution in [3.05, 3.63) is 23.8 Å². The zero-order chi connectivity index (χ0) is 12.0. The molecule has 0 atom stereocenters. The summed E-state index contributed by atoms with van der Waals surface area (Å²) in [6, 6.07) is 4.44. The predicted molar refractivity (Wildman–Crippen MR) is 60.7 cm³/mol. The molecule has 84 valence electrons. The number of aromatic carboxylic acids is 1. The third-order valence-corrected chi connectivity index (χ3v) is 1.73. The molecule has 0 unspecified atom stereocenters. The zero-order valence-corrected chi connectivity index (χ0v) is 9.48. The van der Waals surface area contributed by atoms with E-state index >= 15 is 0 Å². The van der Waals surface area contributed by atoms with Crippen LogP contribution >= 0.6 is 0 Å². The summed E-state index contributed by atoms with van der Waals surface area (Å²) in [5.74, 6) is -1.33. The Balaban J connectivity index is 0.000000921. The van der Waals surface area contributed by atoms with Gasteiger partial charge >= 0.3 is 5.97 Å². The Morgan fingerprint density at radius 3 is 2.13 bits per heavy atom. The van der Waals surface area contributed by atoms with E-state index in [0.29, 0.717) is 0 Å². The van der Waals surface area contributed by atoms with Gasteiger partial charge in [0, 0.05) is 25.8 Å². The van der Waals surface area contributed by atoms with E-state index in [1.54, 1.807) is 11.0 Å². The molecule has 1 rings (SSSR count). The predicted octanol–water partition coefficient (Wildman–Crippen LogP) is 2.18. The van der Waals surface area contributed by atoms with Crippen LogP contribution in [0.1, 0.15) is 24.2 Å². The lowest BCUT2D eigenvalue weighted by atomic mass is 10.2. The Kier molecular flexibility index (Phi) is 5.23. The van der Waals surface area contributed by atoms with Gasteiger partial charge in [0.2, 0.25) is 0 Å². The molecule has 0 radical (unpaired) electrons. The SMILES string of the molecule is CC.CN(C)c1ccc(C(=O)O)c(O)c1. The van der Waals surface area contributed by atoms with Gasteiger partial charge in [-0.1, -0.05) is 13.8 Å². The van der Waals surface area contributed by atoms with Crippen molar-refractivity contribution in [2.75, 3.05) is 19.0 Å². The molecule has 1 aromatic rings. The number of hydrogen-bond acceptors (Lipinski definition) is 3. The van der Waals surface area contributed by atoms with E-state index in [9.17, 15) is 9.90 Å². The van der Waals surface area contributed by atoms with Gasteiger partial charge in [-0.25, -0.2) is 4.79 Å². The summed E-state index contributed by atoms with van der Waals surface area (Å²) >= 11 is 0. The number of benzene rings is 1. The molecule has 0 saturated carbocycles. The maximum atomic E-state index is 10.5. The van der Waals surface area contributed by atoms with Gasteiger partial charge in [0.1, 0.15) is 11.3 Å². The molecule has 2 N–H and O–H groups in total. The van der Waals surface area contributed by atoms with Crippen molar-refractivity contribution in [1.82, 2.24) is 0 Å². The average Bonchev–Trinajstić information content (AvgIpc) is 2.20. The Morgan fingerprint density at radius 2 is 1.80 bits per heavy atom. The molecule has 0 heterocycles. The fourth-order valence-electron chi connectivity index (χ4n) is 0.979. The van der Waals surface area contributed by atoms with E-state index in [0.717, 1.165) is 5.69 Å². The zero-order valence-electron chi connectivity index (χ0n) is 9.48. The van der Waals surface area contributed by atoms with Crippen LogP contribution in [0, 0.1) is 0 Å². The lowest BCUT2D eigenvalue weighted by Gasteiger charge is -2.12. The van der Waals surface area contributed by atoms with Crippen LogP contribution < -0.4 is 4.90 Å². The van der Waals surface area contributed by atoms with Crippen molar-refractivity contribution in [2.45, 2.75) is 13.8 Å². The molecule has 0 aliphatic heterocycles. The minimum atomic E-state index is -1.12. The van der Waals surface area contributed by atoms with Gasteiger partial charge in [-0.15, -0.1) is 0 Å². The van der Waals surface area contributed by atoms with E-state index in [2.05, 4.69) is 0 Å². The first kappa shape index (κ1) is 13.3. The molecule has 0 bridgehead atoms. The number of carboxylic acids is 1. The fourth-order valence-corrected chi connectivity index (χ4v) is 0.979. The Labute approximate surface area is 89.8 Å². The smallest absolute Gasteiger partial charge is 0.339 e. The summed E-state index contributed by atoms with van der Waals surface area (Å²) in [7, 11) is 3.63. The monoisotopic (exact) mass is 211 g/mol. The summed E-state index contributed by atoms with van der Waals surface area (Å²) in [4.78, 5) is 12.3. The van der Waals surface area contributed by atoms with E-state index in [4.69, 9.17) is 5.11 Å². The van der Waals surface area contributed by atoms with Crippen LogP contribution in [0.3, 0.4) is 0 Å². The van der Waals surface area contributed by atoms with Gasteiger partial charge in [0.15, 0.2) is 0 Å². The summed E-state index contributed by atoms with van der Waals surface area (Å²) < 4.78 is 0. The van der Waals surface area contributed by atoms with Gasteiger partial charge in [-0.3, -0.25) is 0 Å². The van der Waals surface area contributed by atoms with Crippen LogP contribution in [0.5, 0.6) is 5.75 Å². The lowest BCUT2D eigenvalue weighted by molar-refractivity contribution is 0.0694. The van der Waals surface area contributed by atoms with E-state index < -0.39 is 5.97 Å². The van der Waals surface area contributed by atoms with E-state index in [1.165, 1.54) is 12.1 Å². The van der Waals surface area contributed by atoms with Crippen molar-refractivity contribution < 1.29 is 15.0 Å². The molecule has 4 heteroatoms. The van der Waals surface area contributed by atoms with Crippen molar-refractivity contribution >= 4 is 11.7 Å². The summed E-state index contributed by atoms with van der Waals surface area (Å²) in [6.45, 7) is 4.00. The molecule has 0 aliphatic rings. The number of nitrogens with zero attached hydrogens (tertiary/aromatic N) is 1. The quantitative estimate of drug-likeness (QED) is 0.787. The fraction of sp³-hybridized carbons (Fsp3) is 0.364. The van der Waals surface area contributed by atoms with Crippen molar-refractivity contribution in [3.8, 4) is 5.75 Å². The van der Waals surface area contributed by atoms with Gasteiger partial charge in [-0.05, 0) is 12.1 Å². The van der Waals surface area contributed by atoms with E-state index in [1.807, 2.05) is 27.9 Å². The number of carbonyl (C=O) groups is 1. The van der Waals surface area contributed by atoms with Crippen LogP contribution in [0.4, 0.5) is 5.69 Å². The summed E-state index contributed by atoms with van der Waals surface area (Å²) in [6.07, 6.45) is 0. The van der Waals surface area contributed by atoms with Gasteiger partial charge < -0.3 is 15.1 Å². The number of hydrogen-bond donors (Lipinski definition) is 2. The van der Waals surface area contributed by atoms with E-state index in [-0.39, 0.29) is 11.3 Å². The summed E-state index contributed by atoms with van der Waals surface area (Å²) in [5.41, 5.74) is 0.688. The number of rotatable bonds is 2. The molecule has 0 amide bonds. The second-order valence-corrected chi connectivity index (χ2v) is 2.90. The molecule has 0 aliphatic carbocycles. The highest BCUT2D eigenvalue weighted by Crippen LogP contribution is 2.23. The molecule has 15 heavy (non-hydrogen) atoms. The molecule has 0 spiro atoms. The molecule has 1 aromatic carbocycles. The standard InChI is InChI=1S/C9H11NO3.C2H6/c1-10(2)6-3-4-7(9(12)13)8(11)5-6;1-2/h3-5,11H,1-2H3,(H,12,13);1-2H3. The van der Waals surface area contributed by atoms with Crippen LogP contribution in [-0.4, -0.2) is 30.3 Å². The van der Waals surface area contributed by atoms with Crippen molar-refractivity contribution in [1.29, 1.82) is 0 Å². The van der Waals surface area contributed by atoms with Crippen LogP contribution in [0.15, 0.2) is 18.2 Å². The average molecular weight is 211 g/mol. The Morgan fingerprint density at radius 1 is 1.27 bits per heavy atom. The van der Waals surface area contributed by atoms with Crippen molar-refractivity contribution in [2.24, 2.45) is 0 Å². The van der Waals surface area contributed by atoms with Gasteiger partial charge in [-0.2, -0.15) is 0 Å². The highest BCUT2D eigenvalue weighted by atomic mass is 16.4. The van der Waals surface area contributed by atoms with Gasteiger partial charge in [0.25, 0.3) is 0 Å². The maximum Gasteiger partial charge on any atom is 0.339 e. The minimum absolute atomic E-state index is 0.0781.